The molecule has 0 aliphatic rings. The SMILES string of the molecule is CCCc1c(NC)ncnc1NCc1ccccc1OC. The van der Waals surface area contributed by atoms with E-state index in [9.17, 15) is 0 Å². The second-order valence-corrected chi connectivity index (χ2v) is 4.71. The molecule has 0 aliphatic heterocycles. The lowest BCUT2D eigenvalue weighted by atomic mass is 10.1. The Balaban J connectivity index is 2.19. The molecule has 0 bridgehead atoms. The van der Waals surface area contributed by atoms with Crippen molar-refractivity contribution in [2.45, 2.75) is 26.3 Å². The number of anilines is 2. The second kappa shape index (κ2) is 7.47. The molecule has 0 fully saturated rings. The van der Waals surface area contributed by atoms with Crippen molar-refractivity contribution in [1.29, 1.82) is 0 Å². The zero-order valence-corrected chi connectivity index (χ0v) is 12.8. The molecule has 0 aliphatic carbocycles. The molecule has 5 nitrogen and oxygen atoms in total. The lowest BCUT2D eigenvalue weighted by Crippen LogP contribution is -2.09. The van der Waals surface area contributed by atoms with Gasteiger partial charge in [-0.15, -0.1) is 0 Å². The van der Waals surface area contributed by atoms with Crippen LogP contribution >= 0.6 is 0 Å². The van der Waals surface area contributed by atoms with Crippen molar-refractivity contribution < 1.29 is 4.74 Å². The fourth-order valence-electron chi connectivity index (χ4n) is 2.29. The van der Waals surface area contributed by atoms with Crippen molar-refractivity contribution in [2.75, 3.05) is 24.8 Å². The number of aromatic nitrogens is 2. The van der Waals surface area contributed by atoms with E-state index in [0.29, 0.717) is 6.54 Å². The second-order valence-electron chi connectivity index (χ2n) is 4.71. The highest BCUT2D eigenvalue weighted by Crippen LogP contribution is 2.23. The lowest BCUT2D eigenvalue weighted by molar-refractivity contribution is 0.410. The van der Waals surface area contributed by atoms with Crippen molar-refractivity contribution in [1.82, 2.24) is 9.97 Å². The van der Waals surface area contributed by atoms with Gasteiger partial charge in [0, 0.05) is 24.7 Å². The van der Waals surface area contributed by atoms with Crippen molar-refractivity contribution in [3.63, 3.8) is 0 Å². The van der Waals surface area contributed by atoms with Gasteiger partial charge in [-0.25, -0.2) is 9.97 Å². The summed E-state index contributed by atoms with van der Waals surface area (Å²) in [4.78, 5) is 8.65. The highest BCUT2D eigenvalue weighted by atomic mass is 16.5. The summed E-state index contributed by atoms with van der Waals surface area (Å²) in [7, 11) is 3.57. The molecule has 2 aromatic rings. The molecule has 0 atom stereocenters. The number of hydrogen-bond donors (Lipinski definition) is 2. The molecule has 0 radical (unpaired) electrons. The lowest BCUT2D eigenvalue weighted by Gasteiger charge is -2.14. The summed E-state index contributed by atoms with van der Waals surface area (Å²) in [6.45, 7) is 2.82. The summed E-state index contributed by atoms with van der Waals surface area (Å²) in [5, 5.41) is 6.52. The maximum absolute atomic E-state index is 5.37. The fraction of sp³-hybridized carbons (Fsp3) is 0.375. The number of nitrogens with one attached hydrogen (secondary N) is 2. The smallest absolute Gasteiger partial charge is 0.134 e. The number of nitrogens with zero attached hydrogens (tertiary/aromatic N) is 2. The molecule has 1 aromatic heterocycles. The molecule has 0 saturated heterocycles. The van der Waals surface area contributed by atoms with Gasteiger partial charge in [0.15, 0.2) is 0 Å². The number of methoxy groups -OCH3 is 1. The quantitative estimate of drug-likeness (QED) is 0.819. The van der Waals surface area contributed by atoms with E-state index >= 15 is 0 Å². The van der Waals surface area contributed by atoms with E-state index in [1.807, 2.05) is 31.3 Å². The molecule has 21 heavy (non-hydrogen) atoms. The molecule has 2 N–H and O–H groups in total. The molecule has 0 spiro atoms. The Kier molecular flexibility index (Phi) is 5.37. The summed E-state index contributed by atoms with van der Waals surface area (Å²) < 4.78 is 5.37. The number of para-hydroxylation sites is 1. The molecule has 0 saturated carbocycles. The van der Waals surface area contributed by atoms with E-state index in [-0.39, 0.29) is 0 Å². The Labute approximate surface area is 125 Å². The van der Waals surface area contributed by atoms with Crippen molar-refractivity contribution in [2.24, 2.45) is 0 Å². The van der Waals surface area contributed by atoms with Crippen LogP contribution in [0.5, 0.6) is 5.75 Å². The topological polar surface area (TPSA) is 59.1 Å². The van der Waals surface area contributed by atoms with Crippen LogP contribution < -0.4 is 15.4 Å². The number of rotatable bonds is 7. The van der Waals surface area contributed by atoms with Crippen molar-refractivity contribution in [3.8, 4) is 5.75 Å². The first-order chi connectivity index (χ1) is 10.3. The molecule has 112 valence electrons. The largest absolute Gasteiger partial charge is 0.496 e. The van der Waals surface area contributed by atoms with Crippen molar-refractivity contribution >= 4 is 11.6 Å². The third-order valence-corrected chi connectivity index (χ3v) is 3.32. The minimum absolute atomic E-state index is 0.668. The van der Waals surface area contributed by atoms with E-state index < -0.39 is 0 Å². The van der Waals surface area contributed by atoms with Gasteiger partial charge in [-0.3, -0.25) is 0 Å². The molecule has 5 heteroatoms. The summed E-state index contributed by atoms with van der Waals surface area (Å²) >= 11 is 0. The Morgan fingerprint density at radius 3 is 2.62 bits per heavy atom. The van der Waals surface area contributed by atoms with E-state index in [4.69, 9.17) is 4.74 Å². The average molecular weight is 286 g/mol. The van der Waals surface area contributed by atoms with Crippen LogP contribution in [-0.4, -0.2) is 24.1 Å². The Morgan fingerprint density at radius 2 is 1.90 bits per heavy atom. The van der Waals surface area contributed by atoms with Crippen LogP contribution in [0.3, 0.4) is 0 Å². The summed E-state index contributed by atoms with van der Waals surface area (Å²) in [6.07, 6.45) is 3.56. The Hall–Kier alpha value is -2.30. The third kappa shape index (κ3) is 3.62. The number of benzene rings is 1. The van der Waals surface area contributed by atoms with Gasteiger partial charge in [-0.1, -0.05) is 31.5 Å². The molecule has 0 unspecified atom stereocenters. The fourth-order valence-corrected chi connectivity index (χ4v) is 2.29. The zero-order chi connectivity index (χ0) is 15.1. The molecule has 1 aromatic carbocycles. The van der Waals surface area contributed by atoms with Gasteiger partial charge in [-0.2, -0.15) is 0 Å². The molecule has 0 amide bonds. The standard InChI is InChI=1S/C16H22N4O/c1-4-7-13-15(17-2)19-11-20-16(13)18-10-12-8-5-6-9-14(12)21-3/h5-6,8-9,11H,4,7,10H2,1-3H3,(H2,17,18,19,20). The van der Waals surface area contributed by atoms with E-state index in [0.717, 1.165) is 41.4 Å². The maximum atomic E-state index is 5.37. The van der Waals surface area contributed by atoms with Crippen LogP contribution in [0, 0.1) is 0 Å². The van der Waals surface area contributed by atoms with Gasteiger partial charge in [0.1, 0.15) is 23.7 Å². The van der Waals surface area contributed by atoms with Gasteiger partial charge < -0.3 is 15.4 Å². The third-order valence-electron chi connectivity index (χ3n) is 3.32. The normalized spacial score (nSPS) is 10.2. The first-order valence-electron chi connectivity index (χ1n) is 7.17. The van der Waals surface area contributed by atoms with E-state index in [1.165, 1.54) is 0 Å². The molecular formula is C16H22N4O. The van der Waals surface area contributed by atoms with Gasteiger partial charge in [0.2, 0.25) is 0 Å². The number of hydrogen-bond acceptors (Lipinski definition) is 5. The molecule has 1 heterocycles. The van der Waals surface area contributed by atoms with Crippen LogP contribution in [-0.2, 0) is 13.0 Å². The maximum Gasteiger partial charge on any atom is 0.134 e. The first-order valence-corrected chi connectivity index (χ1v) is 7.17. The average Bonchev–Trinajstić information content (AvgIpc) is 2.54. The predicted octanol–water partition coefficient (Wildman–Crippen LogP) is 3.09. The molecular weight excluding hydrogens is 264 g/mol. The van der Waals surface area contributed by atoms with Crippen LogP contribution in [0.2, 0.25) is 0 Å². The zero-order valence-electron chi connectivity index (χ0n) is 12.8. The number of ether oxygens (including phenoxy) is 1. The van der Waals surface area contributed by atoms with Gasteiger partial charge >= 0.3 is 0 Å². The summed E-state index contributed by atoms with van der Waals surface area (Å²) in [5.41, 5.74) is 2.23. The van der Waals surface area contributed by atoms with Crippen LogP contribution in [0.15, 0.2) is 30.6 Å². The Morgan fingerprint density at radius 1 is 1.14 bits per heavy atom. The van der Waals surface area contributed by atoms with Crippen LogP contribution in [0.25, 0.3) is 0 Å². The monoisotopic (exact) mass is 286 g/mol. The minimum Gasteiger partial charge on any atom is -0.496 e. The highest BCUT2D eigenvalue weighted by Gasteiger charge is 2.10. The minimum atomic E-state index is 0.668. The molecule has 2 rings (SSSR count). The first kappa shape index (κ1) is 15.1. The van der Waals surface area contributed by atoms with Gasteiger partial charge in [-0.05, 0) is 12.5 Å². The van der Waals surface area contributed by atoms with Gasteiger partial charge in [0.05, 0.1) is 7.11 Å². The van der Waals surface area contributed by atoms with Crippen LogP contribution in [0.4, 0.5) is 11.6 Å². The predicted molar refractivity (Wildman–Crippen MR) is 85.9 cm³/mol. The Bertz CT molecular complexity index is 586. The van der Waals surface area contributed by atoms with Crippen LogP contribution in [0.1, 0.15) is 24.5 Å². The highest BCUT2D eigenvalue weighted by molar-refractivity contribution is 5.57. The van der Waals surface area contributed by atoms with Gasteiger partial charge in [0.25, 0.3) is 0 Å². The van der Waals surface area contributed by atoms with E-state index in [2.05, 4.69) is 27.5 Å². The van der Waals surface area contributed by atoms with E-state index in [1.54, 1.807) is 13.4 Å². The van der Waals surface area contributed by atoms with Crippen molar-refractivity contribution in [3.05, 3.63) is 41.7 Å². The summed E-state index contributed by atoms with van der Waals surface area (Å²) in [6, 6.07) is 7.98. The summed E-state index contributed by atoms with van der Waals surface area (Å²) in [5.74, 6) is 2.64.